The Balaban J connectivity index is 2.44. The van der Waals surface area contributed by atoms with Crippen LogP contribution in [0.1, 0.15) is 5.56 Å². The molecule has 0 atom stereocenters. The molecule has 2 aromatic rings. The van der Waals surface area contributed by atoms with Gasteiger partial charge >= 0.3 is 0 Å². The lowest BCUT2D eigenvalue weighted by atomic mass is 10.1. The van der Waals surface area contributed by atoms with Gasteiger partial charge in [-0.3, -0.25) is 0 Å². The average Bonchev–Trinajstić information content (AvgIpc) is 2.63. The second-order valence-corrected chi connectivity index (χ2v) is 3.77. The summed E-state index contributed by atoms with van der Waals surface area (Å²) in [6.45, 7) is 0.858. The van der Waals surface area contributed by atoms with Gasteiger partial charge in [0.05, 0.1) is 5.02 Å². The number of hydrogen-bond acceptors (Lipinski definition) is 1. The fourth-order valence-corrected chi connectivity index (χ4v) is 1.88. The van der Waals surface area contributed by atoms with Crippen LogP contribution in [0, 0.1) is 0 Å². The number of aromatic nitrogens is 1. The van der Waals surface area contributed by atoms with Crippen molar-refractivity contribution >= 4 is 28.6 Å². The summed E-state index contributed by atoms with van der Waals surface area (Å²) in [6, 6.07) is 5.88. The molecule has 0 aliphatic heterocycles. The first kappa shape index (κ1) is 10.3. The molecule has 0 fully saturated rings. The summed E-state index contributed by atoms with van der Waals surface area (Å²) in [5.74, 6) is 0. The zero-order valence-corrected chi connectivity index (χ0v) is 9.31. The van der Waals surface area contributed by atoms with Crippen molar-refractivity contribution in [2.24, 2.45) is 0 Å². The Kier molecular flexibility index (Phi) is 3.09. The maximum absolute atomic E-state index is 6.15. The number of H-pyrrole nitrogens is 1. The first-order valence-electron chi connectivity index (χ1n) is 4.89. The van der Waals surface area contributed by atoms with Crippen molar-refractivity contribution in [2.75, 3.05) is 13.6 Å². The molecule has 0 bridgehead atoms. The van der Waals surface area contributed by atoms with Gasteiger partial charge in [0.15, 0.2) is 0 Å². The van der Waals surface area contributed by atoms with Gasteiger partial charge in [-0.05, 0) is 19.2 Å². The van der Waals surface area contributed by atoms with E-state index in [0.29, 0.717) is 0 Å². The Bertz CT molecular complexity index is 485. The van der Waals surface area contributed by atoms with Gasteiger partial charge in [0.2, 0.25) is 0 Å². The van der Waals surface area contributed by atoms with Crippen molar-refractivity contribution in [2.45, 2.75) is 0 Å². The summed E-state index contributed by atoms with van der Waals surface area (Å²) in [7, 11) is 1.92. The van der Waals surface area contributed by atoms with Crippen LogP contribution in [0.4, 0.5) is 0 Å². The highest BCUT2D eigenvalue weighted by atomic mass is 35.5. The van der Waals surface area contributed by atoms with Crippen LogP contribution in [0.3, 0.4) is 0 Å². The smallest absolute Gasteiger partial charge is 0.0505 e. The molecule has 0 saturated heterocycles. The van der Waals surface area contributed by atoms with E-state index < -0.39 is 0 Å². The Morgan fingerprint density at radius 1 is 1.47 bits per heavy atom. The fraction of sp³-hybridized carbons (Fsp3) is 0.167. The monoisotopic (exact) mass is 220 g/mol. The van der Waals surface area contributed by atoms with Gasteiger partial charge in [-0.15, -0.1) is 0 Å². The fourth-order valence-electron chi connectivity index (χ4n) is 1.60. The topological polar surface area (TPSA) is 27.8 Å². The third-order valence-corrected chi connectivity index (χ3v) is 2.62. The van der Waals surface area contributed by atoms with Crippen LogP contribution < -0.4 is 5.32 Å². The average molecular weight is 221 g/mol. The van der Waals surface area contributed by atoms with Gasteiger partial charge in [-0.25, -0.2) is 0 Å². The minimum absolute atomic E-state index is 0.790. The molecule has 78 valence electrons. The van der Waals surface area contributed by atoms with Gasteiger partial charge in [0.25, 0.3) is 0 Å². The van der Waals surface area contributed by atoms with Crippen LogP contribution in [0.15, 0.2) is 30.5 Å². The van der Waals surface area contributed by atoms with Crippen LogP contribution in [0.5, 0.6) is 0 Å². The Morgan fingerprint density at radius 2 is 2.33 bits per heavy atom. The molecule has 0 saturated carbocycles. The van der Waals surface area contributed by atoms with Crippen molar-refractivity contribution in [3.05, 3.63) is 41.1 Å². The molecular weight excluding hydrogens is 208 g/mol. The van der Waals surface area contributed by atoms with E-state index in [1.807, 2.05) is 31.4 Å². The quantitative estimate of drug-likeness (QED) is 0.818. The molecule has 1 aromatic carbocycles. The molecule has 0 spiro atoms. The molecule has 0 radical (unpaired) electrons. The lowest BCUT2D eigenvalue weighted by Crippen LogP contribution is -2.03. The first-order valence-corrected chi connectivity index (χ1v) is 5.27. The normalized spacial score (nSPS) is 11.6. The molecular formula is C12H13ClN2. The standard InChI is InChI=1S/C12H13ClN2/c1-14-7-3-4-9-8-15-11-6-2-5-10(13)12(9)11/h2-6,8,14-15H,7H2,1H3. The van der Waals surface area contributed by atoms with E-state index in [-0.39, 0.29) is 0 Å². The van der Waals surface area contributed by atoms with Crippen molar-refractivity contribution < 1.29 is 0 Å². The maximum Gasteiger partial charge on any atom is 0.0505 e. The van der Waals surface area contributed by atoms with E-state index in [1.54, 1.807) is 0 Å². The van der Waals surface area contributed by atoms with Gasteiger partial charge in [0, 0.05) is 29.2 Å². The third-order valence-electron chi connectivity index (χ3n) is 2.30. The van der Waals surface area contributed by atoms with E-state index in [1.165, 1.54) is 0 Å². The lowest BCUT2D eigenvalue weighted by molar-refractivity contribution is 0.922. The van der Waals surface area contributed by atoms with Crippen LogP contribution in [0.25, 0.3) is 17.0 Å². The highest BCUT2D eigenvalue weighted by Crippen LogP contribution is 2.27. The van der Waals surface area contributed by atoms with E-state index in [0.717, 1.165) is 28.0 Å². The minimum Gasteiger partial charge on any atom is -0.361 e. The van der Waals surface area contributed by atoms with Crippen molar-refractivity contribution in [1.29, 1.82) is 0 Å². The number of nitrogens with one attached hydrogen (secondary N) is 2. The maximum atomic E-state index is 6.15. The van der Waals surface area contributed by atoms with Crippen LogP contribution >= 0.6 is 11.6 Å². The minimum atomic E-state index is 0.790. The van der Waals surface area contributed by atoms with Gasteiger partial charge in [0.1, 0.15) is 0 Å². The number of halogens is 1. The second-order valence-electron chi connectivity index (χ2n) is 3.37. The van der Waals surface area contributed by atoms with Crippen molar-refractivity contribution in [3.63, 3.8) is 0 Å². The summed E-state index contributed by atoms with van der Waals surface area (Å²) >= 11 is 6.15. The number of fused-ring (bicyclic) bond motifs is 1. The first-order chi connectivity index (χ1) is 7.33. The summed E-state index contributed by atoms with van der Waals surface area (Å²) in [6.07, 6.45) is 6.12. The molecule has 2 nitrogen and oxygen atoms in total. The lowest BCUT2D eigenvalue weighted by Gasteiger charge is -1.95. The van der Waals surface area contributed by atoms with E-state index in [4.69, 9.17) is 11.6 Å². The van der Waals surface area contributed by atoms with Crippen molar-refractivity contribution in [3.8, 4) is 0 Å². The van der Waals surface area contributed by atoms with Crippen molar-refractivity contribution in [1.82, 2.24) is 10.3 Å². The van der Waals surface area contributed by atoms with E-state index in [9.17, 15) is 0 Å². The Hall–Kier alpha value is -1.25. The summed E-state index contributed by atoms with van der Waals surface area (Å²) in [4.78, 5) is 3.20. The Labute approximate surface area is 93.9 Å². The highest BCUT2D eigenvalue weighted by molar-refractivity contribution is 6.36. The van der Waals surface area contributed by atoms with Crippen LogP contribution in [0.2, 0.25) is 5.02 Å². The molecule has 0 unspecified atom stereocenters. The predicted molar refractivity (Wildman–Crippen MR) is 66.3 cm³/mol. The summed E-state index contributed by atoms with van der Waals surface area (Å²) < 4.78 is 0. The molecule has 2 rings (SSSR count). The van der Waals surface area contributed by atoms with Gasteiger partial charge in [-0.1, -0.05) is 29.8 Å². The van der Waals surface area contributed by atoms with Crippen LogP contribution in [-0.2, 0) is 0 Å². The number of benzene rings is 1. The molecule has 15 heavy (non-hydrogen) atoms. The molecule has 0 aliphatic rings. The number of hydrogen-bond donors (Lipinski definition) is 2. The summed E-state index contributed by atoms with van der Waals surface area (Å²) in [5, 5.41) is 4.94. The molecule has 0 amide bonds. The Morgan fingerprint density at radius 3 is 3.13 bits per heavy atom. The van der Waals surface area contributed by atoms with Crippen LogP contribution in [-0.4, -0.2) is 18.6 Å². The van der Waals surface area contributed by atoms with Gasteiger partial charge in [-0.2, -0.15) is 0 Å². The number of aromatic amines is 1. The third kappa shape index (κ3) is 2.06. The SMILES string of the molecule is CNCC=Cc1c[nH]c2cccc(Cl)c12. The van der Waals surface area contributed by atoms with Gasteiger partial charge < -0.3 is 10.3 Å². The molecule has 1 aromatic heterocycles. The molecule has 3 heteroatoms. The zero-order valence-electron chi connectivity index (χ0n) is 8.55. The highest BCUT2D eigenvalue weighted by Gasteiger charge is 2.03. The molecule has 1 heterocycles. The number of rotatable bonds is 3. The zero-order chi connectivity index (χ0) is 10.7. The molecule has 2 N–H and O–H groups in total. The number of likely N-dealkylation sites (N-methyl/N-ethyl adjacent to an activating group) is 1. The van der Waals surface area contributed by atoms with E-state index in [2.05, 4.69) is 22.5 Å². The summed E-state index contributed by atoms with van der Waals surface area (Å²) in [5.41, 5.74) is 2.21. The van der Waals surface area contributed by atoms with E-state index >= 15 is 0 Å². The predicted octanol–water partition coefficient (Wildman–Crippen LogP) is 3.05. The molecule has 0 aliphatic carbocycles. The largest absolute Gasteiger partial charge is 0.361 e. The second kappa shape index (κ2) is 4.51.